The van der Waals surface area contributed by atoms with Crippen LogP contribution in [0.25, 0.3) is 0 Å². The van der Waals surface area contributed by atoms with Crippen molar-refractivity contribution in [3.8, 4) is 5.75 Å². The van der Waals surface area contributed by atoms with Crippen molar-refractivity contribution < 1.29 is 9.53 Å². The molecule has 2 N–H and O–H groups in total. The van der Waals surface area contributed by atoms with Gasteiger partial charge >= 0.3 is 0 Å². The minimum absolute atomic E-state index is 0.279. The van der Waals surface area contributed by atoms with Crippen molar-refractivity contribution in [2.75, 3.05) is 17.7 Å². The van der Waals surface area contributed by atoms with Crippen molar-refractivity contribution in [1.82, 2.24) is 4.98 Å². The van der Waals surface area contributed by atoms with Gasteiger partial charge in [0.25, 0.3) is 5.91 Å². The molecule has 5 heteroatoms. The number of nitrogens with one attached hydrogen (secondary N) is 2. The number of pyridine rings is 1. The van der Waals surface area contributed by atoms with Gasteiger partial charge < -0.3 is 15.4 Å². The molecule has 126 valence electrons. The summed E-state index contributed by atoms with van der Waals surface area (Å²) in [7, 11) is 1.57. The van der Waals surface area contributed by atoms with E-state index < -0.39 is 0 Å². The van der Waals surface area contributed by atoms with Gasteiger partial charge in [0.05, 0.1) is 24.7 Å². The van der Waals surface area contributed by atoms with Gasteiger partial charge in [0.1, 0.15) is 11.4 Å². The number of ether oxygens (including phenoxy) is 1. The molecular formula is C20H19N3O2. The molecule has 0 radical (unpaired) electrons. The topological polar surface area (TPSA) is 63.2 Å². The van der Waals surface area contributed by atoms with Gasteiger partial charge in [-0.1, -0.05) is 42.5 Å². The van der Waals surface area contributed by atoms with Crippen LogP contribution in [0.2, 0.25) is 0 Å². The van der Waals surface area contributed by atoms with E-state index in [0.29, 0.717) is 23.7 Å². The van der Waals surface area contributed by atoms with Crippen LogP contribution in [0.3, 0.4) is 0 Å². The molecule has 5 nitrogen and oxygen atoms in total. The van der Waals surface area contributed by atoms with Crippen molar-refractivity contribution in [1.29, 1.82) is 0 Å². The molecular weight excluding hydrogens is 314 g/mol. The van der Waals surface area contributed by atoms with E-state index in [1.54, 1.807) is 31.5 Å². The molecule has 0 aliphatic carbocycles. The summed E-state index contributed by atoms with van der Waals surface area (Å²) in [5, 5.41) is 6.09. The zero-order chi connectivity index (χ0) is 17.5. The minimum Gasteiger partial charge on any atom is -0.495 e. The second kappa shape index (κ2) is 7.97. The molecule has 3 rings (SSSR count). The molecule has 2 aromatic carbocycles. The Balaban J connectivity index is 1.62. The van der Waals surface area contributed by atoms with Gasteiger partial charge in [0.2, 0.25) is 0 Å². The van der Waals surface area contributed by atoms with Crippen LogP contribution >= 0.6 is 0 Å². The van der Waals surface area contributed by atoms with E-state index in [1.807, 2.05) is 36.4 Å². The molecule has 25 heavy (non-hydrogen) atoms. The Bertz CT molecular complexity index is 833. The minimum atomic E-state index is -0.279. The molecule has 0 aliphatic rings. The predicted molar refractivity (Wildman–Crippen MR) is 99.0 cm³/mol. The summed E-state index contributed by atoms with van der Waals surface area (Å²) in [5.74, 6) is 0.330. The lowest BCUT2D eigenvalue weighted by molar-refractivity contribution is 0.102. The molecule has 0 bridgehead atoms. The van der Waals surface area contributed by atoms with E-state index >= 15 is 0 Å². The van der Waals surface area contributed by atoms with Crippen molar-refractivity contribution in [2.45, 2.75) is 6.54 Å². The fourth-order valence-corrected chi connectivity index (χ4v) is 2.37. The first-order valence-electron chi connectivity index (χ1n) is 7.94. The number of aromatic nitrogens is 1. The summed E-state index contributed by atoms with van der Waals surface area (Å²) in [5.41, 5.74) is 3.00. The molecule has 3 aromatic rings. The zero-order valence-electron chi connectivity index (χ0n) is 13.9. The Hall–Kier alpha value is -3.34. The third-order valence-corrected chi connectivity index (χ3v) is 3.69. The molecule has 1 amide bonds. The third-order valence-electron chi connectivity index (χ3n) is 3.69. The monoisotopic (exact) mass is 333 g/mol. The predicted octanol–water partition coefficient (Wildman–Crippen LogP) is 3.95. The molecule has 1 heterocycles. The second-order valence-corrected chi connectivity index (χ2v) is 5.43. The molecule has 0 unspecified atom stereocenters. The lowest BCUT2D eigenvalue weighted by Gasteiger charge is -2.10. The number of hydrogen-bond acceptors (Lipinski definition) is 4. The van der Waals surface area contributed by atoms with E-state index in [4.69, 9.17) is 4.74 Å². The Labute approximate surface area is 146 Å². The van der Waals surface area contributed by atoms with Gasteiger partial charge in [-0.25, -0.2) is 4.98 Å². The largest absolute Gasteiger partial charge is 0.495 e. The first-order chi connectivity index (χ1) is 12.3. The van der Waals surface area contributed by atoms with E-state index in [2.05, 4.69) is 27.8 Å². The maximum Gasteiger partial charge on any atom is 0.274 e. The van der Waals surface area contributed by atoms with Crippen molar-refractivity contribution >= 4 is 17.3 Å². The van der Waals surface area contributed by atoms with E-state index in [9.17, 15) is 4.79 Å². The summed E-state index contributed by atoms with van der Waals surface area (Å²) in [6, 6.07) is 20.9. The highest BCUT2D eigenvalue weighted by atomic mass is 16.5. The standard InChI is InChI=1S/C20H19N3O2/c1-25-19-10-6-5-9-17(19)23-20(24)18-12-11-16(14-22-18)21-13-15-7-3-2-4-8-15/h2-12,14,21H,13H2,1H3,(H,23,24). The van der Waals surface area contributed by atoms with Crippen LogP contribution < -0.4 is 15.4 Å². The fourth-order valence-electron chi connectivity index (χ4n) is 2.37. The van der Waals surface area contributed by atoms with Crippen molar-refractivity contribution in [3.05, 3.63) is 84.2 Å². The van der Waals surface area contributed by atoms with Gasteiger partial charge in [-0.05, 0) is 29.8 Å². The van der Waals surface area contributed by atoms with E-state index in [1.165, 1.54) is 5.56 Å². The van der Waals surface area contributed by atoms with E-state index in [-0.39, 0.29) is 5.91 Å². The number of para-hydroxylation sites is 2. The van der Waals surface area contributed by atoms with Crippen LogP contribution in [0.1, 0.15) is 16.1 Å². The second-order valence-electron chi connectivity index (χ2n) is 5.43. The van der Waals surface area contributed by atoms with Crippen LogP contribution in [0.4, 0.5) is 11.4 Å². The Morgan fingerprint density at radius 3 is 2.48 bits per heavy atom. The molecule has 1 aromatic heterocycles. The van der Waals surface area contributed by atoms with Crippen molar-refractivity contribution in [2.24, 2.45) is 0 Å². The summed E-state index contributed by atoms with van der Waals surface area (Å²) < 4.78 is 5.23. The van der Waals surface area contributed by atoms with Crippen LogP contribution in [0.5, 0.6) is 5.75 Å². The quantitative estimate of drug-likeness (QED) is 0.717. The average molecular weight is 333 g/mol. The number of benzene rings is 2. The number of methoxy groups -OCH3 is 1. The molecule has 0 atom stereocenters. The Kier molecular flexibility index (Phi) is 5.26. The van der Waals surface area contributed by atoms with Gasteiger partial charge in [-0.15, -0.1) is 0 Å². The third kappa shape index (κ3) is 4.35. The molecule has 0 spiro atoms. The maximum atomic E-state index is 12.3. The van der Waals surface area contributed by atoms with Gasteiger partial charge in [-0.2, -0.15) is 0 Å². The summed E-state index contributed by atoms with van der Waals surface area (Å²) in [6.45, 7) is 0.704. The highest BCUT2D eigenvalue weighted by Crippen LogP contribution is 2.23. The summed E-state index contributed by atoms with van der Waals surface area (Å²) >= 11 is 0. The SMILES string of the molecule is COc1ccccc1NC(=O)c1ccc(NCc2ccccc2)cn1. The molecule has 0 fully saturated rings. The van der Waals surface area contributed by atoms with Crippen LogP contribution in [0.15, 0.2) is 72.9 Å². The van der Waals surface area contributed by atoms with Crippen LogP contribution in [0, 0.1) is 0 Å². The summed E-state index contributed by atoms with van der Waals surface area (Å²) in [4.78, 5) is 16.6. The molecule has 0 saturated carbocycles. The van der Waals surface area contributed by atoms with Crippen LogP contribution in [-0.4, -0.2) is 18.0 Å². The first-order valence-corrected chi connectivity index (χ1v) is 7.94. The van der Waals surface area contributed by atoms with E-state index in [0.717, 1.165) is 5.69 Å². The number of carbonyl (C=O) groups is 1. The highest BCUT2D eigenvalue weighted by molar-refractivity contribution is 6.03. The number of hydrogen-bond donors (Lipinski definition) is 2. The van der Waals surface area contributed by atoms with Gasteiger partial charge in [0.15, 0.2) is 0 Å². The first kappa shape index (κ1) is 16.5. The number of carbonyl (C=O) groups excluding carboxylic acids is 1. The van der Waals surface area contributed by atoms with Crippen LogP contribution in [-0.2, 0) is 6.54 Å². The number of nitrogens with zero attached hydrogens (tertiary/aromatic N) is 1. The lowest BCUT2D eigenvalue weighted by atomic mass is 10.2. The Morgan fingerprint density at radius 1 is 1.00 bits per heavy atom. The van der Waals surface area contributed by atoms with Gasteiger partial charge in [0, 0.05) is 6.54 Å². The number of anilines is 2. The number of amides is 1. The fraction of sp³-hybridized carbons (Fsp3) is 0.100. The molecule has 0 saturated heterocycles. The van der Waals surface area contributed by atoms with Gasteiger partial charge in [-0.3, -0.25) is 4.79 Å². The molecule has 0 aliphatic heterocycles. The highest BCUT2D eigenvalue weighted by Gasteiger charge is 2.10. The zero-order valence-corrected chi connectivity index (χ0v) is 13.9. The smallest absolute Gasteiger partial charge is 0.274 e. The normalized spacial score (nSPS) is 10.1. The number of rotatable bonds is 6. The van der Waals surface area contributed by atoms with Crippen molar-refractivity contribution in [3.63, 3.8) is 0 Å². The Morgan fingerprint density at radius 2 is 1.76 bits per heavy atom. The lowest BCUT2D eigenvalue weighted by Crippen LogP contribution is -2.14. The average Bonchev–Trinajstić information content (AvgIpc) is 2.68. The summed E-state index contributed by atoms with van der Waals surface area (Å²) in [6.07, 6.45) is 1.65. The maximum absolute atomic E-state index is 12.3.